The zero-order valence-corrected chi connectivity index (χ0v) is 9.34. The minimum absolute atomic E-state index is 0.896. The third-order valence-corrected chi connectivity index (χ3v) is 6.23. The van der Waals surface area contributed by atoms with Gasteiger partial charge < -0.3 is 0 Å². The van der Waals surface area contributed by atoms with Gasteiger partial charge in [0, 0.05) is 0 Å². The maximum absolute atomic E-state index is 2.51. The number of hydrogen-bond donors (Lipinski definition) is 0. The van der Waals surface area contributed by atoms with E-state index in [1.165, 1.54) is 17.8 Å². The fourth-order valence-electron chi connectivity index (χ4n) is 5.54. The lowest BCUT2D eigenvalue weighted by atomic mass is 9.48. The van der Waals surface area contributed by atoms with Gasteiger partial charge in [0.15, 0.2) is 0 Å². The van der Waals surface area contributed by atoms with Gasteiger partial charge in [0.05, 0.1) is 0 Å². The van der Waals surface area contributed by atoms with Gasteiger partial charge in [0.1, 0.15) is 0 Å². The van der Waals surface area contributed by atoms with Crippen LogP contribution >= 0.6 is 0 Å². The van der Waals surface area contributed by atoms with E-state index in [2.05, 4.69) is 6.92 Å². The summed E-state index contributed by atoms with van der Waals surface area (Å²) in [7, 11) is 0. The van der Waals surface area contributed by atoms with Crippen LogP contribution in [0.1, 0.15) is 51.9 Å². The lowest BCUT2D eigenvalue weighted by Gasteiger charge is -2.57. The highest BCUT2D eigenvalue weighted by atomic mass is 14.7. The van der Waals surface area contributed by atoms with E-state index in [9.17, 15) is 0 Å². The molecule has 0 radical (unpaired) electrons. The third kappa shape index (κ3) is 0.864. The van der Waals surface area contributed by atoms with Crippen LogP contribution in [0.2, 0.25) is 0 Å². The molecule has 5 fully saturated rings. The molecule has 2 bridgehead atoms. The molecule has 0 heteroatoms. The molecule has 5 aliphatic rings. The summed E-state index contributed by atoms with van der Waals surface area (Å²) in [5.74, 6) is 5.80. The summed E-state index contributed by atoms with van der Waals surface area (Å²) >= 11 is 0. The summed E-state index contributed by atoms with van der Waals surface area (Å²) in [6.45, 7) is 2.51. The molecule has 14 heavy (non-hydrogen) atoms. The van der Waals surface area contributed by atoms with E-state index in [1.54, 1.807) is 44.9 Å². The molecule has 0 aliphatic heterocycles. The number of rotatable bonds is 1. The van der Waals surface area contributed by atoms with Crippen LogP contribution in [0.3, 0.4) is 0 Å². The molecule has 5 rings (SSSR count). The second kappa shape index (κ2) is 2.39. The highest BCUT2D eigenvalue weighted by molar-refractivity contribution is 5.11. The SMILES string of the molecule is C[C@H]1CC(C23CCCC(C2)C3)C2CC21. The van der Waals surface area contributed by atoms with Crippen LogP contribution in [-0.2, 0) is 0 Å². The molecule has 5 aliphatic carbocycles. The highest BCUT2D eigenvalue weighted by Gasteiger charge is 2.62. The first-order valence-corrected chi connectivity index (χ1v) is 6.78. The van der Waals surface area contributed by atoms with E-state index < -0.39 is 0 Å². The molecule has 0 saturated heterocycles. The first-order chi connectivity index (χ1) is 6.78. The van der Waals surface area contributed by atoms with Crippen molar-refractivity contribution in [2.24, 2.45) is 35.0 Å². The van der Waals surface area contributed by atoms with Crippen molar-refractivity contribution in [1.29, 1.82) is 0 Å². The summed E-state index contributed by atoms with van der Waals surface area (Å²) in [4.78, 5) is 0. The summed E-state index contributed by atoms with van der Waals surface area (Å²) in [6.07, 6.45) is 11.2. The molecule has 0 aromatic rings. The van der Waals surface area contributed by atoms with Crippen LogP contribution in [0.15, 0.2) is 0 Å². The predicted octanol–water partition coefficient (Wildman–Crippen LogP) is 3.86. The zero-order chi connectivity index (χ0) is 9.34. The van der Waals surface area contributed by atoms with Gasteiger partial charge >= 0.3 is 0 Å². The number of hydrogen-bond acceptors (Lipinski definition) is 0. The molecule has 0 N–H and O–H groups in total. The Morgan fingerprint density at radius 1 is 1.07 bits per heavy atom. The van der Waals surface area contributed by atoms with Crippen molar-refractivity contribution in [3.63, 3.8) is 0 Å². The molecule has 0 amide bonds. The molecule has 0 nitrogen and oxygen atoms in total. The van der Waals surface area contributed by atoms with Gasteiger partial charge in [-0.1, -0.05) is 19.8 Å². The molecule has 4 atom stereocenters. The first-order valence-electron chi connectivity index (χ1n) is 6.78. The average molecular weight is 190 g/mol. The van der Waals surface area contributed by atoms with Crippen molar-refractivity contribution in [3.05, 3.63) is 0 Å². The largest absolute Gasteiger partial charge is 0.0622 e. The van der Waals surface area contributed by atoms with Crippen molar-refractivity contribution < 1.29 is 0 Å². The molecule has 0 spiro atoms. The molecule has 78 valence electrons. The molecule has 0 heterocycles. The molecule has 0 aromatic carbocycles. The van der Waals surface area contributed by atoms with Gasteiger partial charge in [-0.05, 0) is 67.1 Å². The summed E-state index contributed by atoms with van der Waals surface area (Å²) in [5.41, 5.74) is 0.896. The van der Waals surface area contributed by atoms with Gasteiger partial charge in [-0.2, -0.15) is 0 Å². The first kappa shape index (κ1) is 8.19. The Morgan fingerprint density at radius 3 is 2.43 bits per heavy atom. The second-order valence-corrected chi connectivity index (χ2v) is 6.91. The fraction of sp³-hybridized carbons (Fsp3) is 1.00. The van der Waals surface area contributed by atoms with Crippen LogP contribution in [0.4, 0.5) is 0 Å². The average Bonchev–Trinajstić information content (AvgIpc) is 2.87. The summed E-state index contributed by atoms with van der Waals surface area (Å²) < 4.78 is 0. The van der Waals surface area contributed by atoms with Crippen LogP contribution in [0, 0.1) is 35.0 Å². The lowest BCUT2D eigenvalue weighted by Crippen LogP contribution is -2.47. The van der Waals surface area contributed by atoms with Crippen LogP contribution < -0.4 is 0 Å². The molecule has 5 saturated carbocycles. The van der Waals surface area contributed by atoms with Crippen molar-refractivity contribution in [1.82, 2.24) is 0 Å². The van der Waals surface area contributed by atoms with Gasteiger partial charge in [0.2, 0.25) is 0 Å². The quantitative estimate of drug-likeness (QED) is 0.589. The van der Waals surface area contributed by atoms with Gasteiger partial charge in [-0.25, -0.2) is 0 Å². The Morgan fingerprint density at radius 2 is 1.93 bits per heavy atom. The predicted molar refractivity (Wildman–Crippen MR) is 57.9 cm³/mol. The Bertz CT molecular complexity index is 256. The molecule has 3 unspecified atom stereocenters. The standard InChI is InChI=1S/C14H22/c1-9-5-13(12-6-11(9)12)14-4-2-3-10(7-14)8-14/h9-13H,2-8H2,1H3/t9-,10?,11?,12?,13?,14?/m0/s1. The smallest absolute Gasteiger partial charge is 0.0261 e. The van der Waals surface area contributed by atoms with Crippen molar-refractivity contribution in [3.8, 4) is 0 Å². The Labute approximate surface area is 87.5 Å². The Balaban J connectivity index is 1.58. The summed E-state index contributed by atoms with van der Waals surface area (Å²) in [5, 5.41) is 0. The van der Waals surface area contributed by atoms with Gasteiger partial charge in [0.25, 0.3) is 0 Å². The van der Waals surface area contributed by atoms with Crippen molar-refractivity contribution >= 4 is 0 Å². The van der Waals surface area contributed by atoms with E-state index in [0.717, 1.165) is 17.3 Å². The van der Waals surface area contributed by atoms with Crippen LogP contribution in [0.5, 0.6) is 0 Å². The monoisotopic (exact) mass is 190 g/mol. The maximum Gasteiger partial charge on any atom is -0.0261 e. The van der Waals surface area contributed by atoms with E-state index in [-0.39, 0.29) is 0 Å². The minimum Gasteiger partial charge on any atom is -0.0622 e. The van der Waals surface area contributed by atoms with Crippen molar-refractivity contribution in [2.75, 3.05) is 0 Å². The summed E-state index contributed by atoms with van der Waals surface area (Å²) in [6, 6.07) is 0. The topological polar surface area (TPSA) is 0 Å². The van der Waals surface area contributed by atoms with Gasteiger partial charge in [-0.15, -0.1) is 0 Å². The fourth-order valence-corrected chi connectivity index (χ4v) is 5.54. The Kier molecular flexibility index (Phi) is 1.40. The van der Waals surface area contributed by atoms with Crippen LogP contribution in [0.25, 0.3) is 0 Å². The van der Waals surface area contributed by atoms with E-state index in [0.29, 0.717) is 0 Å². The second-order valence-electron chi connectivity index (χ2n) is 6.91. The zero-order valence-electron chi connectivity index (χ0n) is 9.34. The highest BCUT2D eigenvalue weighted by Crippen LogP contribution is 2.71. The normalized spacial score (nSPS) is 64.5. The van der Waals surface area contributed by atoms with Crippen molar-refractivity contribution in [2.45, 2.75) is 51.9 Å². The molecular formula is C14H22. The van der Waals surface area contributed by atoms with E-state index >= 15 is 0 Å². The van der Waals surface area contributed by atoms with Crippen LogP contribution in [-0.4, -0.2) is 0 Å². The Hall–Kier alpha value is 0. The third-order valence-electron chi connectivity index (χ3n) is 6.23. The number of fused-ring (bicyclic) bond motifs is 3. The van der Waals surface area contributed by atoms with E-state index in [4.69, 9.17) is 0 Å². The minimum atomic E-state index is 0.896. The van der Waals surface area contributed by atoms with Gasteiger partial charge in [-0.3, -0.25) is 0 Å². The molecular weight excluding hydrogens is 168 g/mol. The molecule has 0 aromatic heterocycles. The van der Waals surface area contributed by atoms with E-state index in [1.807, 2.05) is 0 Å². The lowest BCUT2D eigenvalue weighted by molar-refractivity contribution is -0.0640. The maximum atomic E-state index is 2.51.